The Morgan fingerprint density at radius 1 is 1.48 bits per heavy atom. The number of ether oxygens (including phenoxy) is 3. The van der Waals surface area contributed by atoms with E-state index in [4.69, 9.17) is 14.2 Å². The first kappa shape index (κ1) is 19.8. The van der Waals surface area contributed by atoms with Gasteiger partial charge in [-0.1, -0.05) is 12.7 Å². The van der Waals surface area contributed by atoms with E-state index in [0.29, 0.717) is 11.1 Å². The average Bonchev–Trinajstić information content (AvgIpc) is 3.35. The molecule has 3 rings (SSSR count). The zero-order valence-electron chi connectivity index (χ0n) is 16.0. The van der Waals surface area contributed by atoms with Crippen molar-refractivity contribution >= 4 is 11.9 Å². The van der Waals surface area contributed by atoms with E-state index in [-0.39, 0.29) is 12.0 Å². The van der Waals surface area contributed by atoms with Crippen molar-refractivity contribution in [3.63, 3.8) is 0 Å². The number of esters is 2. The average molecular weight is 378 g/mol. The summed E-state index contributed by atoms with van der Waals surface area (Å²) >= 11 is 0. The van der Waals surface area contributed by atoms with Crippen LogP contribution in [0.1, 0.15) is 34.1 Å². The van der Waals surface area contributed by atoms with Gasteiger partial charge >= 0.3 is 11.9 Å². The molecule has 7 nitrogen and oxygen atoms in total. The fraction of sp³-hybridized carbons (Fsp3) is 0.600. The molecule has 3 aliphatic rings. The van der Waals surface area contributed by atoms with Gasteiger partial charge in [0.1, 0.15) is 30.5 Å². The molecule has 0 bridgehead atoms. The van der Waals surface area contributed by atoms with Crippen LogP contribution in [0, 0.1) is 5.92 Å². The molecule has 0 spiro atoms. The molecular formula is C20H26O7. The molecule has 0 saturated carbocycles. The van der Waals surface area contributed by atoms with Gasteiger partial charge in [0, 0.05) is 17.6 Å². The lowest BCUT2D eigenvalue weighted by molar-refractivity contribution is -0.151. The maximum atomic E-state index is 12.4. The number of rotatable bonds is 2. The highest BCUT2D eigenvalue weighted by Crippen LogP contribution is 2.44. The molecule has 0 aromatic heterocycles. The summed E-state index contributed by atoms with van der Waals surface area (Å²) < 4.78 is 16.6. The standard InChI is InChI=1S/C20H26O7/c1-6-9(2)18(22)26-13-8-20(5,24)17-16(27-17)15(21)10(3)7-12-14(13)11(4)19(23)25-12/h6-7,12-17,21,24H,4,8H2,1-3,5H3/b9-6?,10-7+. The molecule has 0 aromatic rings. The van der Waals surface area contributed by atoms with Gasteiger partial charge in [0.15, 0.2) is 0 Å². The predicted molar refractivity (Wildman–Crippen MR) is 95.5 cm³/mol. The predicted octanol–water partition coefficient (Wildman–Crippen LogP) is 1.19. The van der Waals surface area contributed by atoms with E-state index in [1.807, 2.05) is 0 Å². The Labute approximate surface area is 158 Å². The summed E-state index contributed by atoms with van der Waals surface area (Å²) in [5.74, 6) is -1.77. The molecule has 2 N–H and O–H groups in total. The van der Waals surface area contributed by atoms with Crippen molar-refractivity contribution in [2.75, 3.05) is 0 Å². The molecule has 2 aliphatic heterocycles. The second-order valence-electron chi connectivity index (χ2n) is 7.77. The van der Waals surface area contributed by atoms with E-state index in [1.165, 1.54) is 0 Å². The summed E-state index contributed by atoms with van der Waals surface area (Å²) in [6.07, 6.45) is -0.349. The van der Waals surface area contributed by atoms with Crippen LogP contribution in [0.25, 0.3) is 0 Å². The van der Waals surface area contributed by atoms with Gasteiger partial charge < -0.3 is 24.4 Å². The maximum absolute atomic E-state index is 12.4. The molecule has 7 atom stereocenters. The zero-order chi connectivity index (χ0) is 20.1. The number of allylic oxidation sites excluding steroid dienone is 1. The number of fused-ring (bicyclic) bond motifs is 2. The molecule has 2 fully saturated rings. The molecule has 0 aromatic carbocycles. The number of aliphatic hydroxyl groups excluding tert-OH is 1. The van der Waals surface area contributed by atoms with Crippen LogP contribution in [0.5, 0.6) is 0 Å². The van der Waals surface area contributed by atoms with Crippen molar-refractivity contribution in [3.8, 4) is 0 Å². The number of hydrogen-bond donors (Lipinski definition) is 2. The molecule has 7 heteroatoms. The summed E-state index contributed by atoms with van der Waals surface area (Å²) in [4.78, 5) is 24.5. The molecule has 2 heterocycles. The summed E-state index contributed by atoms with van der Waals surface area (Å²) in [5.41, 5.74) is -0.206. The van der Waals surface area contributed by atoms with E-state index < -0.39 is 54.0 Å². The minimum atomic E-state index is -1.37. The Morgan fingerprint density at radius 3 is 2.78 bits per heavy atom. The first-order valence-electron chi connectivity index (χ1n) is 9.04. The van der Waals surface area contributed by atoms with Crippen molar-refractivity contribution in [1.29, 1.82) is 0 Å². The minimum absolute atomic E-state index is 0.0212. The summed E-state index contributed by atoms with van der Waals surface area (Å²) in [7, 11) is 0. The largest absolute Gasteiger partial charge is 0.458 e. The van der Waals surface area contributed by atoms with E-state index in [9.17, 15) is 19.8 Å². The van der Waals surface area contributed by atoms with Gasteiger partial charge in [-0.05, 0) is 39.3 Å². The van der Waals surface area contributed by atoms with Crippen molar-refractivity contribution in [2.45, 2.75) is 70.2 Å². The summed E-state index contributed by atoms with van der Waals surface area (Å²) in [6, 6.07) is 0. The van der Waals surface area contributed by atoms with Gasteiger partial charge in [0.2, 0.25) is 0 Å². The van der Waals surface area contributed by atoms with E-state index >= 15 is 0 Å². The van der Waals surface area contributed by atoms with E-state index in [0.717, 1.165) is 0 Å². The lowest BCUT2D eigenvalue weighted by Crippen LogP contribution is -2.45. The van der Waals surface area contributed by atoms with Gasteiger partial charge in [0.05, 0.1) is 11.5 Å². The second-order valence-corrected chi connectivity index (χ2v) is 7.77. The number of aliphatic hydroxyl groups is 2. The third-order valence-corrected chi connectivity index (χ3v) is 5.63. The Morgan fingerprint density at radius 2 is 2.15 bits per heavy atom. The van der Waals surface area contributed by atoms with Crippen LogP contribution in [0.4, 0.5) is 0 Å². The highest BCUT2D eigenvalue weighted by molar-refractivity contribution is 5.92. The van der Waals surface area contributed by atoms with Crippen LogP contribution < -0.4 is 0 Å². The van der Waals surface area contributed by atoms with Crippen LogP contribution in [0.3, 0.4) is 0 Å². The lowest BCUT2D eigenvalue weighted by atomic mass is 9.80. The van der Waals surface area contributed by atoms with Crippen LogP contribution in [-0.4, -0.2) is 58.3 Å². The van der Waals surface area contributed by atoms with Crippen LogP contribution in [0.15, 0.2) is 35.5 Å². The normalized spacial score (nSPS) is 43.8. The Hall–Kier alpha value is -1.96. The quantitative estimate of drug-likeness (QED) is 0.322. The fourth-order valence-corrected chi connectivity index (χ4v) is 3.78. The fourth-order valence-electron chi connectivity index (χ4n) is 3.78. The van der Waals surface area contributed by atoms with Crippen LogP contribution in [-0.2, 0) is 23.8 Å². The molecule has 0 amide bonds. The Bertz CT molecular complexity index is 733. The SMILES string of the molecule is C=C1C(=O)OC2/C=C(\C)C(O)C3OC3C(C)(O)CC(OC(=O)C(C)=CC)C12. The topological polar surface area (TPSA) is 106 Å². The second kappa shape index (κ2) is 6.89. The highest BCUT2D eigenvalue weighted by Gasteiger charge is 2.58. The van der Waals surface area contributed by atoms with Crippen molar-refractivity contribution in [1.82, 2.24) is 0 Å². The third kappa shape index (κ3) is 3.59. The maximum Gasteiger partial charge on any atom is 0.334 e. The third-order valence-electron chi connectivity index (χ3n) is 5.63. The van der Waals surface area contributed by atoms with Crippen molar-refractivity contribution < 1.29 is 34.0 Å². The molecule has 27 heavy (non-hydrogen) atoms. The zero-order valence-corrected chi connectivity index (χ0v) is 16.0. The molecule has 148 valence electrons. The van der Waals surface area contributed by atoms with Gasteiger partial charge in [-0.3, -0.25) is 0 Å². The minimum Gasteiger partial charge on any atom is -0.458 e. The molecular weight excluding hydrogens is 352 g/mol. The number of carbonyl (C=O) groups is 2. The number of epoxide rings is 1. The van der Waals surface area contributed by atoms with E-state index in [2.05, 4.69) is 6.58 Å². The van der Waals surface area contributed by atoms with Crippen LogP contribution in [0.2, 0.25) is 0 Å². The lowest BCUT2D eigenvalue weighted by Gasteiger charge is -2.33. The van der Waals surface area contributed by atoms with Crippen LogP contribution >= 0.6 is 0 Å². The highest BCUT2D eigenvalue weighted by atomic mass is 16.6. The summed E-state index contributed by atoms with van der Waals surface area (Å²) in [6.45, 7) is 10.4. The Kier molecular flexibility index (Phi) is 5.05. The smallest absolute Gasteiger partial charge is 0.334 e. The molecule has 0 radical (unpaired) electrons. The van der Waals surface area contributed by atoms with Gasteiger partial charge in [0.25, 0.3) is 0 Å². The number of hydrogen-bond acceptors (Lipinski definition) is 7. The Balaban J connectivity index is 2.01. The number of carbonyl (C=O) groups excluding carboxylic acids is 2. The first-order valence-corrected chi connectivity index (χ1v) is 9.04. The molecule has 2 saturated heterocycles. The van der Waals surface area contributed by atoms with Gasteiger partial charge in [-0.25, -0.2) is 9.59 Å². The van der Waals surface area contributed by atoms with Gasteiger partial charge in [-0.2, -0.15) is 0 Å². The molecule has 7 unspecified atom stereocenters. The van der Waals surface area contributed by atoms with E-state index in [1.54, 1.807) is 39.8 Å². The van der Waals surface area contributed by atoms with Gasteiger partial charge in [-0.15, -0.1) is 0 Å². The molecule has 1 aliphatic carbocycles. The summed E-state index contributed by atoms with van der Waals surface area (Å²) in [5, 5.41) is 21.4. The first-order chi connectivity index (χ1) is 12.6. The van der Waals surface area contributed by atoms with Crippen molar-refractivity contribution in [3.05, 3.63) is 35.5 Å². The van der Waals surface area contributed by atoms with Crippen molar-refractivity contribution in [2.24, 2.45) is 5.92 Å². The monoisotopic (exact) mass is 378 g/mol.